The molecule has 1 aliphatic heterocycles. The number of aliphatic imine (C=N–C) groups is 1. The average Bonchev–Trinajstić information content (AvgIpc) is 2.98. The van der Waals surface area contributed by atoms with Gasteiger partial charge in [-0.3, -0.25) is 14.8 Å². The van der Waals surface area contributed by atoms with E-state index in [2.05, 4.69) is 15.3 Å². The number of rotatable bonds is 3. The predicted molar refractivity (Wildman–Crippen MR) is 87.6 cm³/mol. The van der Waals surface area contributed by atoms with Crippen LogP contribution in [0.2, 0.25) is 0 Å². The van der Waals surface area contributed by atoms with Crippen molar-refractivity contribution in [3.63, 3.8) is 0 Å². The predicted octanol–water partition coefficient (Wildman–Crippen LogP) is 3.01. The molecule has 2 heterocycles. The van der Waals surface area contributed by atoms with Crippen LogP contribution in [0.25, 0.3) is 10.9 Å². The van der Waals surface area contributed by atoms with Crippen molar-refractivity contribution in [1.29, 1.82) is 0 Å². The number of hydrogen-bond acceptors (Lipinski definition) is 5. The zero-order valence-corrected chi connectivity index (χ0v) is 12.3. The van der Waals surface area contributed by atoms with Gasteiger partial charge in [-0.25, -0.2) is 0 Å². The van der Waals surface area contributed by atoms with Gasteiger partial charge in [0.2, 0.25) is 5.91 Å². The molecule has 2 aromatic rings. The van der Waals surface area contributed by atoms with Gasteiger partial charge in [0.1, 0.15) is 4.38 Å². The van der Waals surface area contributed by atoms with Gasteiger partial charge in [0.25, 0.3) is 0 Å². The smallest absolute Gasteiger partial charge is 0.234 e. The van der Waals surface area contributed by atoms with E-state index < -0.39 is 0 Å². The molecule has 20 heavy (non-hydrogen) atoms. The molecule has 0 saturated heterocycles. The summed E-state index contributed by atoms with van der Waals surface area (Å²) >= 11 is 3.21. The number of carbonyl (C=O) groups is 1. The van der Waals surface area contributed by atoms with Crippen LogP contribution >= 0.6 is 23.5 Å². The highest BCUT2D eigenvalue weighted by molar-refractivity contribution is 8.39. The standard InChI is InChI=1S/C14H13N3OS2/c18-13(9-20-14-15-5-6-19-14)17-11-7-10-3-1-2-4-12(10)16-8-11/h1-4,7-8H,5-6,9H2,(H,17,18). The zero-order valence-electron chi connectivity index (χ0n) is 10.7. The fourth-order valence-corrected chi connectivity index (χ4v) is 3.68. The summed E-state index contributed by atoms with van der Waals surface area (Å²) in [6.07, 6.45) is 1.69. The Hall–Kier alpha value is -1.53. The van der Waals surface area contributed by atoms with E-state index in [1.54, 1.807) is 18.0 Å². The lowest BCUT2D eigenvalue weighted by atomic mass is 10.2. The maximum absolute atomic E-state index is 11.9. The number of nitrogens with one attached hydrogen (secondary N) is 1. The highest BCUT2D eigenvalue weighted by atomic mass is 32.2. The molecule has 0 atom stereocenters. The molecular weight excluding hydrogens is 290 g/mol. The Labute approximate surface area is 125 Å². The number of hydrogen-bond donors (Lipinski definition) is 1. The number of anilines is 1. The molecule has 3 rings (SSSR count). The van der Waals surface area contributed by atoms with Crippen LogP contribution in [0.4, 0.5) is 5.69 Å². The maximum Gasteiger partial charge on any atom is 0.234 e. The first-order valence-corrected chi connectivity index (χ1v) is 8.23. The van der Waals surface area contributed by atoms with Gasteiger partial charge in [-0.05, 0) is 12.1 Å². The fourth-order valence-electron chi connectivity index (χ4n) is 1.87. The van der Waals surface area contributed by atoms with Crippen molar-refractivity contribution in [2.45, 2.75) is 0 Å². The second-order valence-corrected chi connectivity index (χ2v) is 6.56. The summed E-state index contributed by atoms with van der Waals surface area (Å²) in [5.41, 5.74) is 1.66. The summed E-state index contributed by atoms with van der Waals surface area (Å²) < 4.78 is 1.01. The van der Waals surface area contributed by atoms with E-state index in [4.69, 9.17) is 0 Å². The fraction of sp³-hybridized carbons (Fsp3) is 0.214. The molecule has 0 saturated carbocycles. The van der Waals surface area contributed by atoms with Crippen molar-refractivity contribution >= 4 is 50.4 Å². The van der Waals surface area contributed by atoms with Crippen molar-refractivity contribution in [3.05, 3.63) is 36.5 Å². The molecule has 0 bridgehead atoms. The molecule has 0 aliphatic carbocycles. The number of pyridine rings is 1. The molecule has 0 fully saturated rings. The molecule has 1 aromatic heterocycles. The van der Waals surface area contributed by atoms with Gasteiger partial charge in [0, 0.05) is 11.1 Å². The molecule has 6 heteroatoms. The monoisotopic (exact) mass is 303 g/mol. The summed E-state index contributed by atoms with van der Waals surface area (Å²) in [7, 11) is 0. The number of amides is 1. The van der Waals surface area contributed by atoms with Crippen LogP contribution in [0.1, 0.15) is 0 Å². The van der Waals surface area contributed by atoms with Gasteiger partial charge in [0.05, 0.1) is 29.7 Å². The summed E-state index contributed by atoms with van der Waals surface area (Å²) in [4.78, 5) is 20.5. The van der Waals surface area contributed by atoms with Crippen LogP contribution in [-0.2, 0) is 4.79 Å². The molecule has 1 amide bonds. The lowest BCUT2D eigenvalue weighted by molar-refractivity contribution is -0.113. The second-order valence-electron chi connectivity index (χ2n) is 4.25. The molecule has 0 unspecified atom stereocenters. The highest BCUT2D eigenvalue weighted by Gasteiger charge is 2.10. The van der Waals surface area contributed by atoms with Crippen LogP contribution in [0.15, 0.2) is 41.5 Å². The number of aromatic nitrogens is 1. The van der Waals surface area contributed by atoms with E-state index in [0.717, 1.165) is 33.3 Å². The van der Waals surface area contributed by atoms with Crippen molar-refractivity contribution in [2.75, 3.05) is 23.4 Å². The van der Waals surface area contributed by atoms with Gasteiger partial charge < -0.3 is 5.32 Å². The van der Waals surface area contributed by atoms with E-state index in [1.807, 2.05) is 30.3 Å². The van der Waals surface area contributed by atoms with Crippen molar-refractivity contribution in [2.24, 2.45) is 4.99 Å². The van der Waals surface area contributed by atoms with Gasteiger partial charge in [-0.15, -0.1) is 0 Å². The Morgan fingerprint density at radius 3 is 3.15 bits per heavy atom. The van der Waals surface area contributed by atoms with E-state index in [1.165, 1.54) is 11.8 Å². The summed E-state index contributed by atoms with van der Waals surface area (Å²) in [6.45, 7) is 0.864. The van der Waals surface area contributed by atoms with Gasteiger partial charge in [0.15, 0.2) is 0 Å². The molecule has 0 spiro atoms. The highest BCUT2D eigenvalue weighted by Crippen LogP contribution is 2.22. The third kappa shape index (κ3) is 3.32. The summed E-state index contributed by atoms with van der Waals surface area (Å²) in [5.74, 6) is 1.39. The Morgan fingerprint density at radius 2 is 2.30 bits per heavy atom. The minimum atomic E-state index is -0.0257. The Bertz CT molecular complexity index is 672. The van der Waals surface area contributed by atoms with Crippen LogP contribution in [-0.4, -0.2) is 33.3 Å². The zero-order chi connectivity index (χ0) is 13.8. The third-order valence-electron chi connectivity index (χ3n) is 2.76. The number of thioether (sulfide) groups is 2. The van der Waals surface area contributed by atoms with Gasteiger partial charge >= 0.3 is 0 Å². The third-order valence-corrected chi connectivity index (χ3v) is 5.01. The largest absolute Gasteiger partial charge is 0.324 e. The number of nitrogens with zero attached hydrogens (tertiary/aromatic N) is 2. The minimum absolute atomic E-state index is 0.0257. The second kappa shape index (κ2) is 6.28. The average molecular weight is 303 g/mol. The number of carbonyl (C=O) groups excluding carboxylic acids is 1. The SMILES string of the molecule is O=C(CSC1=NCCS1)Nc1cnc2ccccc2c1. The molecule has 1 aromatic carbocycles. The van der Waals surface area contributed by atoms with E-state index >= 15 is 0 Å². The molecule has 1 aliphatic rings. The number of para-hydroxylation sites is 1. The van der Waals surface area contributed by atoms with Gasteiger partial charge in [-0.2, -0.15) is 0 Å². The first-order chi connectivity index (χ1) is 9.81. The first-order valence-electron chi connectivity index (χ1n) is 6.26. The van der Waals surface area contributed by atoms with E-state index in [0.29, 0.717) is 5.75 Å². The quantitative estimate of drug-likeness (QED) is 0.947. The van der Waals surface area contributed by atoms with Gasteiger partial charge in [-0.1, -0.05) is 41.7 Å². The van der Waals surface area contributed by atoms with Crippen molar-refractivity contribution in [1.82, 2.24) is 4.98 Å². The van der Waals surface area contributed by atoms with Crippen LogP contribution in [0.5, 0.6) is 0 Å². The minimum Gasteiger partial charge on any atom is -0.324 e. The van der Waals surface area contributed by atoms with Crippen LogP contribution < -0.4 is 5.32 Å². The Balaban J connectivity index is 1.61. The molecule has 4 nitrogen and oxygen atoms in total. The van der Waals surface area contributed by atoms with E-state index in [-0.39, 0.29) is 5.91 Å². The summed E-state index contributed by atoms with van der Waals surface area (Å²) in [6, 6.07) is 9.78. The lowest BCUT2D eigenvalue weighted by Gasteiger charge is -2.05. The number of benzene rings is 1. The summed E-state index contributed by atoms with van der Waals surface area (Å²) in [5, 5.41) is 3.89. The van der Waals surface area contributed by atoms with Crippen molar-refractivity contribution < 1.29 is 4.79 Å². The van der Waals surface area contributed by atoms with Crippen LogP contribution in [0, 0.1) is 0 Å². The molecule has 1 N–H and O–H groups in total. The first kappa shape index (κ1) is 13.5. The van der Waals surface area contributed by atoms with Crippen LogP contribution in [0.3, 0.4) is 0 Å². The van der Waals surface area contributed by atoms with E-state index in [9.17, 15) is 4.79 Å². The molecular formula is C14H13N3OS2. The Morgan fingerprint density at radius 1 is 1.40 bits per heavy atom. The number of fused-ring (bicyclic) bond motifs is 1. The maximum atomic E-state index is 11.9. The lowest BCUT2D eigenvalue weighted by Crippen LogP contribution is -2.14. The molecule has 102 valence electrons. The normalized spacial score (nSPS) is 14.3. The molecule has 0 radical (unpaired) electrons. The van der Waals surface area contributed by atoms with Crippen molar-refractivity contribution in [3.8, 4) is 0 Å². The Kier molecular flexibility index (Phi) is 4.22. The topological polar surface area (TPSA) is 54.4 Å².